The van der Waals surface area contributed by atoms with Crippen LogP contribution in [0.4, 0.5) is 0 Å². The monoisotopic (exact) mass is 277 g/mol. The zero-order valence-electron chi connectivity index (χ0n) is 10.8. The largest absolute Gasteiger partial charge is 0.339 e. The SMILES string of the molecule is CC(C)C1CCCCN1C(=O)C1(C)CC1(Cl)Cl. The van der Waals surface area contributed by atoms with Crippen molar-refractivity contribution >= 4 is 29.1 Å². The van der Waals surface area contributed by atoms with Gasteiger partial charge in [0.05, 0.1) is 5.41 Å². The molecule has 1 heterocycles. The van der Waals surface area contributed by atoms with Crippen molar-refractivity contribution in [2.75, 3.05) is 6.54 Å². The predicted octanol–water partition coefficient (Wildman–Crippen LogP) is 3.61. The number of likely N-dealkylation sites (tertiary alicyclic amines) is 1. The Labute approximate surface area is 114 Å². The average Bonchev–Trinajstić information content (AvgIpc) is 2.78. The second-order valence-electron chi connectivity index (χ2n) is 6.02. The minimum atomic E-state index is -0.844. The van der Waals surface area contributed by atoms with Crippen molar-refractivity contribution in [3.63, 3.8) is 0 Å². The highest BCUT2D eigenvalue weighted by molar-refractivity contribution is 6.53. The van der Waals surface area contributed by atoms with Gasteiger partial charge in [0.1, 0.15) is 4.33 Å². The molecule has 98 valence electrons. The van der Waals surface area contributed by atoms with Gasteiger partial charge in [-0.05, 0) is 38.5 Å². The maximum atomic E-state index is 12.6. The van der Waals surface area contributed by atoms with Crippen molar-refractivity contribution < 1.29 is 4.79 Å². The van der Waals surface area contributed by atoms with Crippen LogP contribution in [-0.4, -0.2) is 27.7 Å². The Bertz CT molecular complexity index is 329. The molecule has 1 saturated carbocycles. The summed E-state index contributed by atoms with van der Waals surface area (Å²) in [6, 6.07) is 0.359. The number of hydrogen-bond donors (Lipinski definition) is 0. The molecule has 0 aromatic heterocycles. The van der Waals surface area contributed by atoms with Crippen molar-refractivity contribution in [3.8, 4) is 0 Å². The van der Waals surface area contributed by atoms with E-state index in [2.05, 4.69) is 13.8 Å². The highest BCUT2D eigenvalue weighted by atomic mass is 35.5. The van der Waals surface area contributed by atoms with Crippen molar-refractivity contribution in [3.05, 3.63) is 0 Å². The Hall–Kier alpha value is 0.0500. The van der Waals surface area contributed by atoms with E-state index in [1.807, 2.05) is 11.8 Å². The van der Waals surface area contributed by atoms with Gasteiger partial charge in [-0.3, -0.25) is 4.79 Å². The van der Waals surface area contributed by atoms with Gasteiger partial charge in [0.15, 0.2) is 0 Å². The molecule has 1 aliphatic carbocycles. The predicted molar refractivity (Wildman–Crippen MR) is 71.4 cm³/mol. The van der Waals surface area contributed by atoms with Gasteiger partial charge >= 0.3 is 0 Å². The van der Waals surface area contributed by atoms with E-state index in [1.54, 1.807) is 0 Å². The molecule has 4 heteroatoms. The van der Waals surface area contributed by atoms with Crippen LogP contribution in [0.2, 0.25) is 0 Å². The van der Waals surface area contributed by atoms with E-state index in [9.17, 15) is 4.79 Å². The normalized spacial score (nSPS) is 36.1. The first-order valence-electron chi connectivity index (χ1n) is 6.48. The molecular weight excluding hydrogens is 257 g/mol. The maximum Gasteiger partial charge on any atom is 0.231 e. The molecule has 0 bridgehead atoms. The minimum Gasteiger partial charge on any atom is -0.339 e. The van der Waals surface area contributed by atoms with Crippen LogP contribution >= 0.6 is 23.2 Å². The molecule has 2 atom stereocenters. The first kappa shape index (κ1) is 13.5. The van der Waals surface area contributed by atoms with Crippen LogP contribution in [0.15, 0.2) is 0 Å². The zero-order chi connectivity index (χ0) is 12.8. The molecule has 0 N–H and O–H groups in total. The van der Waals surface area contributed by atoms with E-state index in [-0.39, 0.29) is 5.91 Å². The van der Waals surface area contributed by atoms with Gasteiger partial charge in [0.2, 0.25) is 5.91 Å². The minimum absolute atomic E-state index is 0.154. The number of alkyl halides is 2. The van der Waals surface area contributed by atoms with Gasteiger partial charge in [-0.25, -0.2) is 0 Å². The van der Waals surface area contributed by atoms with Crippen molar-refractivity contribution in [2.45, 2.75) is 56.8 Å². The third-order valence-corrected chi connectivity index (χ3v) is 5.41. The lowest BCUT2D eigenvalue weighted by Gasteiger charge is -2.40. The first-order chi connectivity index (χ1) is 7.79. The van der Waals surface area contributed by atoms with Crippen LogP contribution in [0.5, 0.6) is 0 Å². The lowest BCUT2D eigenvalue weighted by molar-refractivity contribution is -0.141. The lowest BCUT2D eigenvalue weighted by Crippen LogP contribution is -2.49. The molecule has 1 amide bonds. The summed E-state index contributed by atoms with van der Waals surface area (Å²) in [4.78, 5) is 14.6. The number of carbonyl (C=O) groups is 1. The van der Waals surface area contributed by atoms with E-state index < -0.39 is 9.75 Å². The molecule has 1 saturated heterocycles. The second kappa shape index (κ2) is 4.31. The summed E-state index contributed by atoms with van der Waals surface area (Å²) in [7, 11) is 0. The number of piperidine rings is 1. The molecule has 0 radical (unpaired) electrons. The molecule has 0 aromatic carbocycles. The molecule has 0 aromatic rings. The van der Waals surface area contributed by atoms with Gasteiger partial charge in [-0.1, -0.05) is 13.8 Å². The fourth-order valence-electron chi connectivity index (χ4n) is 2.85. The van der Waals surface area contributed by atoms with Gasteiger partial charge in [-0.15, -0.1) is 23.2 Å². The van der Waals surface area contributed by atoms with Crippen LogP contribution in [0.3, 0.4) is 0 Å². The second-order valence-corrected chi connectivity index (χ2v) is 7.50. The van der Waals surface area contributed by atoms with Crippen molar-refractivity contribution in [2.24, 2.45) is 11.3 Å². The highest BCUT2D eigenvalue weighted by Crippen LogP contribution is 2.64. The Morgan fingerprint density at radius 2 is 1.94 bits per heavy atom. The van der Waals surface area contributed by atoms with Crippen LogP contribution in [0, 0.1) is 11.3 Å². The van der Waals surface area contributed by atoms with E-state index >= 15 is 0 Å². The molecule has 2 nitrogen and oxygen atoms in total. The van der Waals surface area contributed by atoms with E-state index in [0.717, 1.165) is 19.4 Å². The maximum absolute atomic E-state index is 12.6. The fourth-order valence-corrected chi connectivity index (χ4v) is 3.55. The summed E-state index contributed by atoms with van der Waals surface area (Å²) < 4.78 is -0.844. The lowest BCUT2D eigenvalue weighted by atomic mass is 9.91. The number of amides is 1. The summed E-state index contributed by atoms with van der Waals surface area (Å²) in [5.41, 5.74) is -0.555. The quantitative estimate of drug-likeness (QED) is 0.707. The molecule has 2 rings (SSSR count). The Balaban J connectivity index is 2.13. The average molecular weight is 278 g/mol. The van der Waals surface area contributed by atoms with Gasteiger partial charge in [0, 0.05) is 12.6 Å². The molecule has 17 heavy (non-hydrogen) atoms. The van der Waals surface area contributed by atoms with Gasteiger partial charge in [0.25, 0.3) is 0 Å². The number of rotatable bonds is 2. The molecule has 0 spiro atoms. The summed E-state index contributed by atoms with van der Waals surface area (Å²) >= 11 is 12.2. The van der Waals surface area contributed by atoms with Gasteiger partial charge in [-0.2, -0.15) is 0 Å². The van der Waals surface area contributed by atoms with Crippen molar-refractivity contribution in [1.29, 1.82) is 0 Å². The Kier molecular flexibility index (Phi) is 3.42. The van der Waals surface area contributed by atoms with E-state index in [4.69, 9.17) is 23.2 Å². The summed E-state index contributed by atoms with van der Waals surface area (Å²) in [6.45, 7) is 7.11. The summed E-state index contributed by atoms with van der Waals surface area (Å²) in [5.74, 6) is 0.655. The summed E-state index contributed by atoms with van der Waals surface area (Å²) in [6.07, 6.45) is 4.01. The molecule has 1 aliphatic heterocycles. The Morgan fingerprint density at radius 3 is 2.41 bits per heavy atom. The summed E-state index contributed by atoms with van der Waals surface area (Å²) in [5, 5.41) is 0. The van der Waals surface area contributed by atoms with E-state index in [0.29, 0.717) is 18.4 Å². The number of carbonyl (C=O) groups excluding carboxylic acids is 1. The molecule has 2 unspecified atom stereocenters. The Morgan fingerprint density at radius 1 is 1.35 bits per heavy atom. The van der Waals surface area contributed by atoms with Crippen LogP contribution in [0.25, 0.3) is 0 Å². The molecule has 2 aliphatic rings. The fraction of sp³-hybridized carbons (Fsp3) is 0.923. The smallest absolute Gasteiger partial charge is 0.231 e. The molecule has 2 fully saturated rings. The van der Waals surface area contributed by atoms with Crippen molar-refractivity contribution in [1.82, 2.24) is 4.90 Å². The van der Waals surface area contributed by atoms with Gasteiger partial charge < -0.3 is 4.90 Å². The third-order valence-electron chi connectivity index (χ3n) is 4.31. The van der Waals surface area contributed by atoms with E-state index in [1.165, 1.54) is 6.42 Å². The van der Waals surface area contributed by atoms with Crippen LogP contribution in [-0.2, 0) is 4.79 Å². The van der Waals surface area contributed by atoms with Crippen LogP contribution < -0.4 is 0 Å². The highest BCUT2D eigenvalue weighted by Gasteiger charge is 2.69. The molecular formula is C13H21Cl2NO. The standard InChI is InChI=1S/C13H21Cl2NO/c1-9(2)10-6-4-5-7-16(10)11(17)12(3)8-13(12,14)15/h9-10H,4-8H2,1-3H3. The number of hydrogen-bond acceptors (Lipinski definition) is 1. The first-order valence-corrected chi connectivity index (χ1v) is 7.24. The number of halogens is 2. The zero-order valence-corrected chi connectivity index (χ0v) is 12.3. The topological polar surface area (TPSA) is 20.3 Å². The number of nitrogens with zero attached hydrogens (tertiary/aromatic N) is 1. The third kappa shape index (κ3) is 2.19. The van der Waals surface area contributed by atoms with Crippen LogP contribution in [0.1, 0.15) is 46.5 Å².